The first-order valence-electron chi connectivity index (χ1n) is 12.5. The predicted octanol–water partition coefficient (Wildman–Crippen LogP) is 0.288. The zero-order valence-corrected chi connectivity index (χ0v) is 21.8. The van der Waals surface area contributed by atoms with Crippen molar-refractivity contribution in [2.45, 2.75) is 31.4 Å². The molecule has 2 aromatic carbocycles. The number of imide groups is 1. The summed E-state index contributed by atoms with van der Waals surface area (Å²) in [5.74, 6) is -10.4. The van der Waals surface area contributed by atoms with Crippen LogP contribution in [0.4, 0.5) is 18.0 Å². The number of benzene rings is 2. The van der Waals surface area contributed by atoms with E-state index in [9.17, 15) is 52.4 Å². The van der Waals surface area contributed by atoms with E-state index in [0.29, 0.717) is 17.0 Å². The van der Waals surface area contributed by atoms with Gasteiger partial charge in [0, 0.05) is 25.2 Å². The molecule has 3 atom stereocenters. The summed E-state index contributed by atoms with van der Waals surface area (Å²) in [5.41, 5.74) is -1.02. The second-order valence-corrected chi connectivity index (χ2v) is 9.60. The van der Waals surface area contributed by atoms with Crippen LogP contribution in [-0.4, -0.2) is 93.6 Å². The molecule has 2 heterocycles. The number of piperazine rings is 1. The lowest BCUT2D eigenvalue weighted by molar-refractivity contribution is -0.156. The van der Waals surface area contributed by atoms with Crippen molar-refractivity contribution in [1.82, 2.24) is 20.4 Å². The molecule has 2 aliphatic heterocycles. The van der Waals surface area contributed by atoms with Gasteiger partial charge in [0.05, 0.1) is 23.1 Å². The molecular formula is C25H24BF3N4O9. The molecular weight excluding hydrogens is 568 g/mol. The van der Waals surface area contributed by atoms with Crippen LogP contribution in [0.2, 0.25) is 0 Å². The number of urea groups is 1. The highest BCUT2D eigenvalue weighted by atomic mass is 19.1. The summed E-state index contributed by atoms with van der Waals surface area (Å²) in [7, 11) is -1.82. The number of halogens is 3. The van der Waals surface area contributed by atoms with Crippen LogP contribution in [0.5, 0.6) is 11.5 Å². The number of alkyl halides is 1. The number of amides is 5. The van der Waals surface area contributed by atoms with E-state index in [0.717, 1.165) is 4.90 Å². The number of fused-ring (bicyclic) bond motifs is 1. The Hall–Kier alpha value is -4.80. The minimum absolute atomic E-state index is 0.146. The molecule has 4 rings (SSSR count). The number of hydrogen-bond acceptors (Lipinski definition) is 8. The first-order valence-corrected chi connectivity index (χ1v) is 12.5. The number of para-hydroxylation sites is 1. The van der Waals surface area contributed by atoms with E-state index in [1.807, 2.05) is 5.32 Å². The number of carbonyl (C=O) groups excluding carboxylic acids is 4. The molecule has 0 saturated carbocycles. The minimum Gasteiger partial charge on any atom is -0.534 e. The fourth-order valence-corrected chi connectivity index (χ4v) is 4.80. The lowest BCUT2D eigenvalue weighted by Gasteiger charge is -2.37. The highest BCUT2D eigenvalue weighted by Crippen LogP contribution is 2.31. The monoisotopic (exact) mass is 592 g/mol. The molecule has 2 aromatic rings. The second kappa shape index (κ2) is 12.0. The van der Waals surface area contributed by atoms with Gasteiger partial charge >= 0.3 is 30.9 Å². The van der Waals surface area contributed by atoms with Crippen molar-refractivity contribution in [1.29, 1.82) is 0 Å². The van der Waals surface area contributed by atoms with Crippen LogP contribution in [0.3, 0.4) is 0 Å². The largest absolute Gasteiger partial charge is 0.547 e. The lowest BCUT2D eigenvalue weighted by Crippen LogP contribution is -2.63. The smallest absolute Gasteiger partial charge is 0.534 e. The first kappa shape index (κ1) is 30.2. The first-order chi connectivity index (χ1) is 19.8. The number of nitrogens with one attached hydrogen (secondary N) is 2. The van der Waals surface area contributed by atoms with Gasteiger partial charge in [-0.05, 0) is 25.0 Å². The molecule has 5 amide bonds. The predicted molar refractivity (Wildman–Crippen MR) is 136 cm³/mol. The number of aromatic hydroxyl groups is 1. The molecule has 5 N–H and O–H groups in total. The van der Waals surface area contributed by atoms with Gasteiger partial charge < -0.3 is 35.4 Å². The Balaban J connectivity index is 1.63. The Labute approximate surface area is 236 Å². The highest BCUT2D eigenvalue weighted by Gasteiger charge is 2.44. The van der Waals surface area contributed by atoms with Gasteiger partial charge in [0.2, 0.25) is 5.91 Å². The quantitative estimate of drug-likeness (QED) is 0.223. The SMILES string of the molecule is C[C@H]1CN(CCF)C(=O)C(=O)N1C(=O)NC(C(=O)N[C@H]1Cc2cccc(C(=O)O)c2OB1O)c1c(F)cc(O)cc1F. The minimum atomic E-state index is -2.21. The van der Waals surface area contributed by atoms with E-state index < -0.39 is 91.0 Å². The standard InChI is InChI=1S/C25H24BF3N4O9/c1-11-10-32(6-5-27)22(36)23(37)33(11)25(40)31-19(18-15(28)8-13(34)9-16(18)29)21(35)30-17-7-12-3-2-4-14(24(38)39)20(12)42-26(17)41/h2-4,8-9,11,17,19,34,41H,5-7,10H2,1H3,(H,30,35)(H,31,40)(H,38,39)/t11-,17-,19?/m0/s1. The second-order valence-electron chi connectivity index (χ2n) is 9.60. The van der Waals surface area contributed by atoms with Gasteiger partial charge in [-0.2, -0.15) is 0 Å². The fraction of sp³-hybridized carbons (Fsp3) is 0.320. The zero-order valence-electron chi connectivity index (χ0n) is 21.8. The topological polar surface area (TPSA) is 186 Å². The van der Waals surface area contributed by atoms with Gasteiger partial charge in [0.1, 0.15) is 35.8 Å². The Bertz CT molecular complexity index is 1440. The van der Waals surface area contributed by atoms with Crippen LogP contribution in [-0.2, 0) is 20.8 Å². The molecule has 17 heteroatoms. The number of carboxylic acids is 1. The van der Waals surface area contributed by atoms with Crippen molar-refractivity contribution in [3.05, 3.63) is 58.7 Å². The van der Waals surface area contributed by atoms with E-state index >= 15 is 0 Å². The van der Waals surface area contributed by atoms with Gasteiger partial charge in [-0.25, -0.2) is 22.8 Å². The lowest BCUT2D eigenvalue weighted by atomic mass is 9.72. The molecule has 1 fully saturated rings. The molecule has 42 heavy (non-hydrogen) atoms. The Morgan fingerprint density at radius 2 is 1.83 bits per heavy atom. The van der Waals surface area contributed by atoms with Crippen molar-refractivity contribution in [2.24, 2.45) is 0 Å². The molecule has 0 aliphatic carbocycles. The van der Waals surface area contributed by atoms with Crippen LogP contribution >= 0.6 is 0 Å². The van der Waals surface area contributed by atoms with Gasteiger partial charge in [-0.1, -0.05) is 12.1 Å². The Morgan fingerprint density at radius 1 is 1.17 bits per heavy atom. The number of rotatable bonds is 7. The number of phenolic OH excluding ortho intramolecular Hbond substituents is 1. The Morgan fingerprint density at radius 3 is 2.45 bits per heavy atom. The maximum Gasteiger partial charge on any atom is 0.547 e. The van der Waals surface area contributed by atoms with Crippen LogP contribution < -0.4 is 15.3 Å². The fourth-order valence-electron chi connectivity index (χ4n) is 4.80. The average molecular weight is 592 g/mol. The maximum absolute atomic E-state index is 14.9. The zero-order chi connectivity index (χ0) is 30.9. The Kier molecular flexibility index (Phi) is 8.60. The molecule has 0 radical (unpaired) electrons. The van der Waals surface area contributed by atoms with Crippen molar-refractivity contribution >= 4 is 36.8 Å². The summed E-state index contributed by atoms with van der Waals surface area (Å²) in [5, 5.41) is 33.8. The third-order valence-corrected chi connectivity index (χ3v) is 6.75. The summed E-state index contributed by atoms with van der Waals surface area (Å²) in [6.45, 7) is -0.241. The number of phenols is 1. The molecule has 2 aliphatic rings. The summed E-state index contributed by atoms with van der Waals surface area (Å²) >= 11 is 0. The van der Waals surface area contributed by atoms with Crippen LogP contribution in [0, 0.1) is 11.6 Å². The van der Waals surface area contributed by atoms with Crippen molar-refractivity contribution in [3.63, 3.8) is 0 Å². The van der Waals surface area contributed by atoms with Crippen LogP contribution in [0.15, 0.2) is 30.3 Å². The number of carbonyl (C=O) groups is 5. The summed E-state index contributed by atoms with van der Waals surface area (Å²) in [6.07, 6.45) is -0.189. The molecule has 0 aromatic heterocycles. The van der Waals surface area contributed by atoms with Crippen LogP contribution in [0.25, 0.3) is 0 Å². The normalized spacial score (nSPS) is 19.1. The highest BCUT2D eigenvalue weighted by molar-refractivity contribution is 6.47. The van der Waals surface area contributed by atoms with Gasteiger partial charge in [0.15, 0.2) is 0 Å². The van der Waals surface area contributed by atoms with Gasteiger partial charge in [0.25, 0.3) is 0 Å². The number of hydrogen-bond donors (Lipinski definition) is 5. The molecule has 0 spiro atoms. The van der Waals surface area contributed by atoms with E-state index in [4.69, 9.17) is 4.65 Å². The molecule has 0 bridgehead atoms. The molecule has 1 unspecified atom stereocenters. The van der Waals surface area contributed by atoms with Crippen molar-refractivity contribution in [3.8, 4) is 11.5 Å². The van der Waals surface area contributed by atoms with E-state index in [1.165, 1.54) is 25.1 Å². The van der Waals surface area contributed by atoms with E-state index in [1.54, 1.807) is 0 Å². The molecule has 13 nitrogen and oxygen atoms in total. The summed E-state index contributed by atoms with van der Waals surface area (Å²) in [6, 6.07) is 0.436. The average Bonchev–Trinajstić information content (AvgIpc) is 2.90. The third-order valence-electron chi connectivity index (χ3n) is 6.75. The maximum atomic E-state index is 14.9. The summed E-state index contributed by atoms with van der Waals surface area (Å²) in [4.78, 5) is 64.4. The molecule has 222 valence electrons. The van der Waals surface area contributed by atoms with Gasteiger partial charge in [-0.15, -0.1) is 0 Å². The number of nitrogens with zero attached hydrogens (tertiary/aromatic N) is 2. The molecule has 1 saturated heterocycles. The van der Waals surface area contributed by atoms with E-state index in [-0.39, 0.29) is 29.8 Å². The van der Waals surface area contributed by atoms with Crippen molar-refractivity contribution in [2.75, 3.05) is 19.8 Å². The third kappa shape index (κ3) is 5.81. The van der Waals surface area contributed by atoms with Crippen molar-refractivity contribution < 1.29 is 57.0 Å². The van der Waals surface area contributed by atoms with Gasteiger partial charge in [-0.3, -0.25) is 19.3 Å². The van der Waals surface area contributed by atoms with E-state index in [2.05, 4.69) is 5.32 Å². The summed E-state index contributed by atoms with van der Waals surface area (Å²) < 4.78 is 47.9. The number of carboxylic acid groups (broad SMARTS) is 1. The number of aromatic carboxylic acids is 1. The van der Waals surface area contributed by atoms with Crippen LogP contribution in [0.1, 0.15) is 34.5 Å².